The number of aromatic nitrogens is 2. The van der Waals surface area contributed by atoms with Crippen molar-refractivity contribution < 1.29 is 13.2 Å². The van der Waals surface area contributed by atoms with Crippen molar-refractivity contribution in [2.24, 2.45) is 7.05 Å². The van der Waals surface area contributed by atoms with Gasteiger partial charge < -0.3 is 5.32 Å². The number of halogens is 3. The Morgan fingerprint density at radius 1 is 1.00 bits per heavy atom. The SMILES string of the molecule is Cn1ncc(CNc2ccccc2)c1-c1ccc(C(F)(F)F)cc1. The summed E-state index contributed by atoms with van der Waals surface area (Å²) in [5.74, 6) is 0. The number of alkyl halides is 3. The molecule has 1 aromatic heterocycles. The Kier molecular flexibility index (Phi) is 4.29. The minimum atomic E-state index is -4.33. The van der Waals surface area contributed by atoms with Crippen LogP contribution in [-0.2, 0) is 19.8 Å². The summed E-state index contributed by atoms with van der Waals surface area (Å²) in [6, 6.07) is 14.8. The van der Waals surface area contributed by atoms with E-state index in [1.165, 1.54) is 12.1 Å². The fraction of sp³-hybridized carbons (Fsp3) is 0.167. The van der Waals surface area contributed by atoms with Gasteiger partial charge in [0, 0.05) is 30.4 Å². The van der Waals surface area contributed by atoms with Crippen LogP contribution < -0.4 is 5.32 Å². The van der Waals surface area contributed by atoms with Gasteiger partial charge in [-0.25, -0.2) is 0 Å². The van der Waals surface area contributed by atoms with E-state index in [0.29, 0.717) is 12.1 Å². The molecule has 124 valence electrons. The number of aryl methyl sites for hydroxylation is 1. The van der Waals surface area contributed by atoms with Crippen LogP contribution in [0.2, 0.25) is 0 Å². The molecule has 2 aromatic carbocycles. The number of nitrogens with zero attached hydrogens (tertiary/aromatic N) is 2. The number of nitrogens with one attached hydrogen (secondary N) is 1. The number of para-hydroxylation sites is 1. The Morgan fingerprint density at radius 3 is 2.29 bits per heavy atom. The number of anilines is 1. The summed E-state index contributed by atoms with van der Waals surface area (Å²) < 4.78 is 39.8. The van der Waals surface area contributed by atoms with Gasteiger partial charge in [-0.2, -0.15) is 18.3 Å². The van der Waals surface area contributed by atoms with Gasteiger partial charge in [-0.3, -0.25) is 4.68 Å². The predicted octanol–water partition coefficient (Wildman–Crippen LogP) is 4.72. The van der Waals surface area contributed by atoms with Crippen LogP contribution in [0.25, 0.3) is 11.3 Å². The van der Waals surface area contributed by atoms with Gasteiger partial charge in [0.2, 0.25) is 0 Å². The third-order valence-electron chi connectivity index (χ3n) is 3.76. The largest absolute Gasteiger partial charge is 0.416 e. The molecular formula is C18H16F3N3. The van der Waals surface area contributed by atoms with Gasteiger partial charge in [0.15, 0.2) is 0 Å². The first-order valence-electron chi connectivity index (χ1n) is 7.42. The van der Waals surface area contributed by atoms with Gasteiger partial charge in [-0.15, -0.1) is 0 Å². The van der Waals surface area contributed by atoms with Gasteiger partial charge in [-0.1, -0.05) is 30.3 Å². The van der Waals surface area contributed by atoms with E-state index >= 15 is 0 Å². The molecular weight excluding hydrogens is 315 g/mol. The number of hydrogen-bond donors (Lipinski definition) is 1. The van der Waals surface area contributed by atoms with E-state index in [1.807, 2.05) is 30.3 Å². The monoisotopic (exact) mass is 331 g/mol. The van der Waals surface area contributed by atoms with Crippen LogP contribution in [-0.4, -0.2) is 9.78 Å². The minimum Gasteiger partial charge on any atom is -0.381 e. The maximum absolute atomic E-state index is 12.7. The second kappa shape index (κ2) is 6.39. The highest BCUT2D eigenvalue weighted by molar-refractivity contribution is 5.64. The lowest BCUT2D eigenvalue weighted by Crippen LogP contribution is -2.05. The molecule has 3 rings (SSSR count). The molecule has 1 N–H and O–H groups in total. The third kappa shape index (κ3) is 3.42. The molecule has 0 fully saturated rings. The van der Waals surface area contributed by atoms with E-state index in [4.69, 9.17) is 0 Å². The normalized spacial score (nSPS) is 11.5. The zero-order valence-corrected chi connectivity index (χ0v) is 13.0. The summed E-state index contributed by atoms with van der Waals surface area (Å²) in [5, 5.41) is 7.52. The second-order valence-corrected chi connectivity index (χ2v) is 5.44. The first-order chi connectivity index (χ1) is 11.4. The van der Waals surface area contributed by atoms with Crippen LogP contribution in [0.1, 0.15) is 11.1 Å². The fourth-order valence-electron chi connectivity index (χ4n) is 2.55. The molecule has 0 bridgehead atoms. The average molecular weight is 331 g/mol. The molecule has 0 saturated heterocycles. The fourth-order valence-corrected chi connectivity index (χ4v) is 2.55. The van der Waals surface area contributed by atoms with Crippen LogP contribution in [0.4, 0.5) is 18.9 Å². The highest BCUT2D eigenvalue weighted by Crippen LogP contribution is 2.31. The van der Waals surface area contributed by atoms with Gasteiger partial charge in [0.25, 0.3) is 0 Å². The molecule has 0 aliphatic heterocycles. The molecule has 3 aromatic rings. The average Bonchev–Trinajstić information content (AvgIpc) is 2.94. The molecule has 0 radical (unpaired) electrons. The molecule has 0 spiro atoms. The Labute approximate surface area is 137 Å². The van der Waals surface area contributed by atoms with Gasteiger partial charge >= 0.3 is 6.18 Å². The van der Waals surface area contributed by atoms with Crippen LogP contribution in [0.15, 0.2) is 60.8 Å². The Morgan fingerprint density at radius 2 is 1.67 bits per heavy atom. The number of rotatable bonds is 4. The van der Waals surface area contributed by atoms with Crippen molar-refractivity contribution in [2.45, 2.75) is 12.7 Å². The summed E-state index contributed by atoms with van der Waals surface area (Å²) in [6.07, 6.45) is -2.61. The maximum atomic E-state index is 12.7. The maximum Gasteiger partial charge on any atom is 0.416 e. The lowest BCUT2D eigenvalue weighted by Gasteiger charge is -2.11. The smallest absolute Gasteiger partial charge is 0.381 e. The van der Waals surface area contributed by atoms with Gasteiger partial charge in [0.05, 0.1) is 17.5 Å². The predicted molar refractivity (Wildman–Crippen MR) is 87.4 cm³/mol. The molecule has 0 saturated carbocycles. The highest BCUT2D eigenvalue weighted by atomic mass is 19.4. The van der Waals surface area contributed by atoms with Gasteiger partial charge in [0.1, 0.15) is 0 Å². The van der Waals surface area contributed by atoms with Crippen molar-refractivity contribution in [3.8, 4) is 11.3 Å². The van der Waals surface area contributed by atoms with Crippen molar-refractivity contribution in [3.63, 3.8) is 0 Å². The molecule has 0 aliphatic rings. The van der Waals surface area contributed by atoms with E-state index in [9.17, 15) is 13.2 Å². The molecule has 6 heteroatoms. The van der Waals surface area contributed by atoms with Crippen molar-refractivity contribution in [1.82, 2.24) is 9.78 Å². The van der Waals surface area contributed by atoms with Crippen LogP contribution in [0.5, 0.6) is 0 Å². The summed E-state index contributed by atoms with van der Waals surface area (Å²) in [5.41, 5.74) is 2.73. The first-order valence-corrected chi connectivity index (χ1v) is 7.42. The highest BCUT2D eigenvalue weighted by Gasteiger charge is 2.30. The van der Waals surface area contributed by atoms with E-state index in [1.54, 1.807) is 17.9 Å². The molecule has 0 aliphatic carbocycles. The molecule has 24 heavy (non-hydrogen) atoms. The summed E-state index contributed by atoms with van der Waals surface area (Å²) in [6.45, 7) is 0.536. The van der Waals surface area contributed by atoms with Crippen molar-refractivity contribution in [3.05, 3.63) is 71.9 Å². The van der Waals surface area contributed by atoms with Gasteiger partial charge in [-0.05, 0) is 24.3 Å². The summed E-state index contributed by atoms with van der Waals surface area (Å²) in [4.78, 5) is 0. The zero-order chi connectivity index (χ0) is 17.2. The number of benzene rings is 2. The Hall–Kier alpha value is -2.76. The van der Waals surface area contributed by atoms with Crippen LogP contribution in [0.3, 0.4) is 0 Å². The Bertz CT molecular complexity index is 806. The molecule has 0 amide bonds. The molecule has 3 nitrogen and oxygen atoms in total. The second-order valence-electron chi connectivity index (χ2n) is 5.44. The van der Waals surface area contributed by atoms with Crippen LogP contribution in [0, 0.1) is 0 Å². The zero-order valence-electron chi connectivity index (χ0n) is 13.0. The molecule has 1 heterocycles. The first kappa shape index (κ1) is 16.1. The van der Waals surface area contributed by atoms with E-state index in [-0.39, 0.29) is 0 Å². The number of hydrogen-bond acceptors (Lipinski definition) is 2. The van der Waals surface area contributed by atoms with Crippen molar-refractivity contribution in [1.29, 1.82) is 0 Å². The van der Waals surface area contributed by atoms with E-state index in [2.05, 4.69) is 10.4 Å². The van der Waals surface area contributed by atoms with Crippen LogP contribution >= 0.6 is 0 Å². The van der Waals surface area contributed by atoms with Crippen molar-refractivity contribution in [2.75, 3.05) is 5.32 Å². The van der Waals surface area contributed by atoms with E-state index in [0.717, 1.165) is 29.1 Å². The molecule has 0 unspecified atom stereocenters. The summed E-state index contributed by atoms with van der Waals surface area (Å²) in [7, 11) is 1.78. The van der Waals surface area contributed by atoms with Crippen molar-refractivity contribution >= 4 is 5.69 Å². The lowest BCUT2D eigenvalue weighted by atomic mass is 10.1. The van der Waals surface area contributed by atoms with E-state index < -0.39 is 11.7 Å². The quantitative estimate of drug-likeness (QED) is 0.750. The Balaban J connectivity index is 1.85. The minimum absolute atomic E-state index is 0.536. The lowest BCUT2D eigenvalue weighted by molar-refractivity contribution is -0.137. The molecule has 0 atom stereocenters. The summed E-state index contributed by atoms with van der Waals surface area (Å²) >= 11 is 0. The topological polar surface area (TPSA) is 29.9 Å². The third-order valence-corrected chi connectivity index (χ3v) is 3.76. The standard InChI is InChI=1S/C18H16F3N3/c1-24-17(13-7-9-15(10-8-13)18(19,20)21)14(12-23-24)11-22-16-5-3-2-4-6-16/h2-10,12,22H,11H2,1H3.